The predicted molar refractivity (Wildman–Crippen MR) is 124 cm³/mol. The molecule has 1 aliphatic heterocycles. The summed E-state index contributed by atoms with van der Waals surface area (Å²) in [7, 11) is 0. The molecule has 152 valence electrons. The van der Waals surface area contributed by atoms with Crippen LogP contribution in [-0.2, 0) is 6.54 Å². The van der Waals surface area contributed by atoms with Crippen LogP contribution in [0.4, 0.5) is 5.69 Å². The Balaban J connectivity index is 1.41. The summed E-state index contributed by atoms with van der Waals surface area (Å²) in [6.07, 6.45) is 3.09. The third-order valence-corrected chi connectivity index (χ3v) is 7.42. The van der Waals surface area contributed by atoms with Gasteiger partial charge in [0.05, 0.1) is 11.7 Å². The van der Waals surface area contributed by atoms with Crippen LogP contribution >= 0.6 is 23.1 Å². The number of aromatic nitrogens is 4. The third kappa shape index (κ3) is 3.05. The molecule has 0 spiro atoms. The van der Waals surface area contributed by atoms with Gasteiger partial charge in [0.1, 0.15) is 5.56 Å². The van der Waals surface area contributed by atoms with Crippen LogP contribution in [0.1, 0.15) is 10.4 Å². The van der Waals surface area contributed by atoms with Gasteiger partial charge in [0, 0.05) is 44.7 Å². The Morgan fingerprint density at radius 3 is 2.94 bits per heavy atom. The van der Waals surface area contributed by atoms with E-state index in [2.05, 4.69) is 38.7 Å². The fourth-order valence-corrected chi connectivity index (χ4v) is 5.81. The number of H-pyrrole nitrogens is 1. The second-order valence-electron chi connectivity index (χ2n) is 7.22. The number of amides is 1. The standard InChI is InChI=1S/C22H15N5O2S2/c28-20(16-11-23-22-27(21(16)29)5-6-30-22)25-14-7-13-10-24-26-19(13)15(9-14)18-8-12-3-1-2-4-17(12)31-18/h1-4,7-11H,5-6H2,(H,24,26)(H,25,28). The summed E-state index contributed by atoms with van der Waals surface area (Å²) in [6, 6.07) is 14.1. The highest BCUT2D eigenvalue weighted by Crippen LogP contribution is 2.38. The number of fused-ring (bicyclic) bond motifs is 3. The number of carbonyl (C=O) groups is 1. The van der Waals surface area contributed by atoms with Crippen molar-refractivity contribution in [2.45, 2.75) is 11.7 Å². The van der Waals surface area contributed by atoms with E-state index in [1.807, 2.05) is 24.3 Å². The Bertz CT molecular complexity index is 1520. The van der Waals surface area contributed by atoms with Crippen molar-refractivity contribution in [3.63, 3.8) is 0 Å². The van der Waals surface area contributed by atoms with E-state index in [1.165, 1.54) is 28.0 Å². The van der Waals surface area contributed by atoms with Crippen LogP contribution in [0, 0.1) is 0 Å². The first-order valence-corrected chi connectivity index (χ1v) is 11.5. The molecule has 0 fully saturated rings. The van der Waals surface area contributed by atoms with E-state index in [9.17, 15) is 9.59 Å². The minimum Gasteiger partial charge on any atom is -0.322 e. The van der Waals surface area contributed by atoms with Crippen LogP contribution in [0.5, 0.6) is 0 Å². The maximum Gasteiger partial charge on any atom is 0.267 e. The second-order valence-corrected chi connectivity index (χ2v) is 9.37. The molecule has 7 nitrogen and oxygen atoms in total. The summed E-state index contributed by atoms with van der Waals surface area (Å²) in [6.45, 7) is 0.573. The Kier molecular flexibility index (Phi) is 4.18. The van der Waals surface area contributed by atoms with Crippen LogP contribution in [0.2, 0.25) is 0 Å². The fourth-order valence-electron chi connectivity index (χ4n) is 3.81. The van der Waals surface area contributed by atoms with Crippen LogP contribution in [0.15, 0.2) is 64.8 Å². The molecule has 0 aliphatic carbocycles. The molecule has 0 bridgehead atoms. The van der Waals surface area contributed by atoms with E-state index in [0.717, 1.165) is 27.1 Å². The van der Waals surface area contributed by atoms with Gasteiger partial charge in [-0.1, -0.05) is 30.0 Å². The van der Waals surface area contributed by atoms with Crippen molar-refractivity contribution < 1.29 is 4.79 Å². The normalized spacial score (nSPS) is 13.0. The Hall–Kier alpha value is -3.43. The van der Waals surface area contributed by atoms with Crippen LogP contribution in [-0.4, -0.2) is 31.4 Å². The molecule has 1 amide bonds. The van der Waals surface area contributed by atoms with Crippen molar-refractivity contribution in [2.24, 2.45) is 0 Å². The molecule has 0 atom stereocenters. The van der Waals surface area contributed by atoms with Gasteiger partial charge in [-0.05, 0) is 29.7 Å². The van der Waals surface area contributed by atoms with E-state index >= 15 is 0 Å². The zero-order valence-corrected chi connectivity index (χ0v) is 17.7. The molecule has 6 rings (SSSR count). The van der Waals surface area contributed by atoms with Crippen molar-refractivity contribution in [1.82, 2.24) is 19.7 Å². The Labute approximate surface area is 184 Å². The van der Waals surface area contributed by atoms with Crippen molar-refractivity contribution in [3.05, 3.63) is 70.8 Å². The number of benzene rings is 2. The number of anilines is 1. The first kappa shape index (κ1) is 18.3. The highest BCUT2D eigenvalue weighted by atomic mass is 32.2. The van der Waals surface area contributed by atoms with Crippen LogP contribution in [0.3, 0.4) is 0 Å². The van der Waals surface area contributed by atoms with E-state index in [4.69, 9.17) is 0 Å². The SMILES string of the molecule is O=C(Nc1cc(-c2cc3ccccc3s2)c2[nH]ncc2c1)c1cnc2n(c1=O)CCS2. The number of hydrogen-bond donors (Lipinski definition) is 2. The number of nitrogens with one attached hydrogen (secondary N) is 2. The summed E-state index contributed by atoms with van der Waals surface area (Å²) < 4.78 is 2.75. The Morgan fingerprint density at radius 1 is 1.13 bits per heavy atom. The first-order valence-electron chi connectivity index (χ1n) is 9.67. The molecule has 1 aliphatic rings. The summed E-state index contributed by atoms with van der Waals surface area (Å²) in [5.41, 5.74) is 2.20. The van der Waals surface area contributed by atoms with Gasteiger partial charge in [0.15, 0.2) is 5.16 Å². The summed E-state index contributed by atoms with van der Waals surface area (Å²) in [5.74, 6) is 0.332. The van der Waals surface area contributed by atoms with E-state index in [0.29, 0.717) is 17.4 Å². The smallest absolute Gasteiger partial charge is 0.267 e. The lowest BCUT2D eigenvalue weighted by atomic mass is 10.1. The average molecular weight is 446 g/mol. The minimum absolute atomic E-state index is 0.0435. The molecule has 9 heteroatoms. The minimum atomic E-state index is -0.463. The van der Waals surface area contributed by atoms with Gasteiger partial charge in [0.25, 0.3) is 11.5 Å². The molecule has 4 heterocycles. The molecule has 2 aromatic carbocycles. The highest BCUT2D eigenvalue weighted by Gasteiger charge is 2.21. The number of rotatable bonds is 3. The van der Waals surface area contributed by atoms with Crippen LogP contribution < -0.4 is 10.9 Å². The molecule has 5 aromatic rings. The lowest BCUT2D eigenvalue weighted by Crippen LogP contribution is -2.29. The fraction of sp³-hybridized carbons (Fsp3) is 0.0909. The van der Waals surface area contributed by atoms with Gasteiger partial charge in [0.2, 0.25) is 0 Å². The van der Waals surface area contributed by atoms with E-state index < -0.39 is 5.91 Å². The number of nitrogens with zero attached hydrogens (tertiary/aromatic N) is 3. The molecule has 0 unspecified atom stereocenters. The van der Waals surface area contributed by atoms with Crippen molar-refractivity contribution in [2.75, 3.05) is 11.1 Å². The van der Waals surface area contributed by atoms with Gasteiger partial charge < -0.3 is 5.32 Å². The third-order valence-electron chi connectivity index (χ3n) is 5.30. The van der Waals surface area contributed by atoms with Gasteiger partial charge in [-0.2, -0.15) is 5.10 Å². The quantitative estimate of drug-likeness (QED) is 0.403. The van der Waals surface area contributed by atoms with Gasteiger partial charge in [-0.3, -0.25) is 19.3 Å². The molecular formula is C22H15N5O2S2. The second kappa shape index (κ2) is 7.07. The zero-order chi connectivity index (χ0) is 20.9. The van der Waals surface area contributed by atoms with E-state index in [1.54, 1.807) is 22.1 Å². The molecule has 3 aromatic heterocycles. The maximum atomic E-state index is 12.9. The van der Waals surface area contributed by atoms with Crippen LogP contribution in [0.25, 0.3) is 31.4 Å². The molecule has 0 radical (unpaired) electrons. The summed E-state index contributed by atoms with van der Waals surface area (Å²) >= 11 is 3.20. The summed E-state index contributed by atoms with van der Waals surface area (Å²) in [5, 5.41) is 12.8. The summed E-state index contributed by atoms with van der Waals surface area (Å²) in [4.78, 5) is 30.9. The lowest BCUT2D eigenvalue weighted by molar-refractivity contribution is 0.102. The topological polar surface area (TPSA) is 92.7 Å². The maximum absolute atomic E-state index is 12.9. The average Bonchev–Trinajstić information content (AvgIpc) is 3.51. The number of thioether (sulfide) groups is 1. The van der Waals surface area contributed by atoms with Gasteiger partial charge >= 0.3 is 0 Å². The number of hydrogen-bond acceptors (Lipinski definition) is 6. The Morgan fingerprint density at radius 2 is 2.03 bits per heavy atom. The largest absolute Gasteiger partial charge is 0.322 e. The number of aromatic amines is 1. The highest BCUT2D eigenvalue weighted by molar-refractivity contribution is 7.99. The zero-order valence-electron chi connectivity index (χ0n) is 16.1. The number of carbonyl (C=O) groups excluding carboxylic acids is 1. The van der Waals surface area contributed by atoms with Crippen molar-refractivity contribution >= 4 is 55.7 Å². The predicted octanol–water partition coefficient (Wildman–Crippen LogP) is 4.36. The molecule has 2 N–H and O–H groups in total. The molecule has 0 saturated carbocycles. The molecular weight excluding hydrogens is 430 g/mol. The molecule has 0 saturated heterocycles. The monoisotopic (exact) mass is 445 g/mol. The van der Waals surface area contributed by atoms with Gasteiger partial charge in [-0.25, -0.2) is 4.98 Å². The van der Waals surface area contributed by atoms with Crippen molar-refractivity contribution in [1.29, 1.82) is 0 Å². The number of thiophene rings is 1. The van der Waals surface area contributed by atoms with E-state index in [-0.39, 0.29) is 11.1 Å². The lowest BCUT2D eigenvalue weighted by Gasteiger charge is -2.09. The van der Waals surface area contributed by atoms with Crippen molar-refractivity contribution in [3.8, 4) is 10.4 Å². The molecule has 31 heavy (non-hydrogen) atoms. The van der Waals surface area contributed by atoms with Gasteiger partial charge in [-0.15, -0.1) is 11.3 Å². The first-order chi connectivity index (χ1) is 15.2.